The first kappa shape index (κ1) is 22.5. The van der Waals surface area contributed by atoms with Crippen molar-refractivity contribution in [1.29, 1.82) is 0 Å². The van der Waals surface area contributed by atoms with Gasteiger partial charge in [0.2, 0.25) is 5.82 Å². The molecule has 0 aliphatic heterocycles. The summed E-state index contributed by atoms with van der Waals surface area (Å²) in [6.07, 6.45) is -4.42. The first-order valence-corrected chi connectivity index (χ1v) is 7.47. The van der Waals surface area contributed by atoms with Gasteiger partial charge in [0.05, 0.1) is 19.3 Å². The molecule has 0 saturated heterocycles. The number of rotatable bonds is 7. The number of alkyl halides is 3. The molecule has 0 aliphatic rings. The fraction of sp³-hybridized carbons (Fsp3) is 0.438. The van der Waals surface area contributed by atoms with Crippen LogP contribution in [-0.2, 0) is 9.53 Å². The van der Waals surface area contributed by atoms with Crippen molar-refractivity contribution in [2.45, 2.75) is 26.1 Å². The van der Waals surface area contributed by atoms with E-state index in [2.05, 4.69) is 14.5 Å². The van der Waals surface area contributed by atoms with Gasteiger partial charge in [-0.05, 0) is 19.9 Å². The third kappa shape index (κ3) is 5.20. The topological polar surface area (TPSA) is 65.0 Å². The van der Waals surface area contributed by atoms with Gasteiger partial charge in [-0.3, -0.25) is 14.6 Å². The second-order valence-electron chi connectivity index (χ2n) is 5.18. The van der Waals surface area contributed by atoms with Crippen LogP contribution in [0, 0.1) is 23.4 Å². The first-order valence-electron chi connectivity index (χ1n) is 7.47. The number of carbonyl (C=O) groups is 2. The van der Waals surface area contributed by atoms with Gasteiger partial charge < -0.3 is 9.47 Å². The Balaban J connectivity index is 3.39. The summed E-state index contributed by atoms with van der Waals surface area (Å²) in [5, 5.41) is 0. The molecule has 0 fully saturated rings. The van der Waals surface area contributed by atoms with Crippen LogP contribution in [0.15, 0.2) is 11.1 Å². The van der Waals surface area contributed by atoms with Crippen LogP contribution in [0.4, 0.5) is 26.3 Å². The van der Waals surface area contributed by atoms with E-state index in [1.165, 1.54) is 6.92 Å². The Morgan fingerprint density at radius 2 is 1.81 bits per heavy atom. The van der Waals surface area contributed by atoms with E-state index in [0.717, 1.165) is 7.11 Å². The Kier molecular flexibility index (Phi) is 7.37. The monoisotopic (exact) mass is 399 g/mol. The molecule has 1 unspecified atom stereocenters. The highest BCUT2D eigenvalue weighted by atomic mass is 19.4. The lowest BCUT2D eigenvalue weighted by Crippen LogP contribution is -2.31. The Labute approximate surface area is 150 Å². The molecule has 5 nitrogen and oxygen atoms in total. The molecule has 27 heavy (non-hydrogen) atoms. The highest BCUT2D eigenvalue weighted by Gasteiger charge is 2.37. The molecule has 0 heterocycles. The number of halogens is 6. The standard InChI is InChI=1S/C16H15F6NO4/c1-4-27-15(25)9(6-23-7(2)16(20,21)22)13(24)8-5-10(17)12(19)14(26-3)11(8)18/h5-7,9H,4H2,1-3H3/t7-,9?/m0/s1. The molecule has 0 N–H and O–H groups in total. The molecular weight excluding hydrogens is 384 g/mol. The second kappa shape index (κ2) is 8.87. The highest BCUT2D eigenvalue weighted by molar-refractivity contribution is 6.18. The number of benzene rings is 1. The van der Waals surface area contributed by atoms with Gasteiger partial charge in [-0.2, -0.15) is 17.6 Å². The maximum atomic E-state index is 14.2. The normalized spacial score (nSPS) is 14.1. The SMILES string of the molecule is CCOC(=O)C(C=N[C@@H](C)C(F)(F)F)C(=O)c1cc(F)c(F)c(OC)c1F. The summed E-state index contributed by atoms with van der Waals surface area (Å²) in [6.45, 7) is 1.77. The molecule has 0 amide bonds. The van der Waals surface area contributed by atoms with Gasteiger partial charge in [0.15, 0.2) is 29.1 Å². The minimum atomic E-state index is -4.75. The minimum Gasteiger partial charge on any atom is -0.491 e. The summed E-state index contributed by atoms with van der Waals surface area (Å²) in [6, 6.07) is -2.10. The van der Waals surface area contributed by atoms with Crippen molar-refractivity contribution < 1.29 is 45.4 Å². The molecule has 1 aromatic carbocycles. The van der Waals surface area contributed by atoms with E-state index in [9.17, 15) is 35.9 Å². The summed E-state index contributed by atoms with van der Waals surface area (Å²) in [7, 11) is 0.810. The predicted molar refractivity (Wildman–Crippen MR) is 81.3 cm³/mol. The maximum Gasteiger partial charge on any atom is 0.410 e. The average Bonchev–Trinajstić information content (AvgIpc) is 2.57. The molecule has 150 valence electrons. The van der Waals surface area contributed by atoms with Gasteiger partial charge in [0.25, 0.3) is 0 Å². The van der Waals surface area contributed by atoms with Crippen molar-refractivity contribution in [3.8, 4) is 5.75 Å². The fourth-order valence-electron chi connectivity index (χ4n) is 1.87. The van der Waals surface area contributed by atoms with E-state index in [0.29, 0.717) is 13.1 Å². The molecule has 0 aliphatic carbocycles. The fourth-order valence-corrected chi connectivity index (χ4v) is 1.87. The van der Waals surface area contributed by atoms with Crippen LogP contribution in [0.1, 0.15) is 24.2 Å². The van der Waals surface area contributed by atoms with Crippen molar-refractivity contribution in [1.82, 2.24) is 0 Å². The molecule has 0 aromatic heterocycles. The van der Waals surface area contributed by atoms with Crippen LogP contribution in [0.5, 0.6) is 5.75 Å². The second-order valence-corrected chi connectivity index (χ2v) is 5.18. The summed E-state index contributed by atoms with van der Waals surface area (Å²) in [5.74, 6) is -11.1. The summed E-state index contributed by atoms with van der Waals surface area (Å²) in [5.41, 5.74) is -1.10. The quantitative estimate of drug-likeness (QED) is 0.176. The summed E-state index contributed by atoms with van der Waals surface area (Å²) >= 11 is 0. The van der Waals surface area contributed by atoms with Crippen LogP contribution in [0.3, 0.4) is 0 Å². The number of esters is 1. The van der Waals surface area contributed by atoms with Crippen molar-refractivity contribution in [3.05, 3.63) is 29.1 Å². The van der Waals surface area contributed by atoms with Crippen molar-refractivity contribution in [2.75, 3.05) is 13.7 Å². The number of aliphatic imine (C=N–C) groups is 1. The largest absolute Gasteiger partial charge is 0.491 e. The van der Waals surface area contributed by atoms with E-state index in [-0.39, 0.29) is 12.7 Å². The van der Waals surface area contributed by atoms with Crippen molar-refractivity contribution >= 4 is 18.0 Å². The molecular formula is C16H15F6NO4. The molecule has 0 bridgehead atoms. The molecule has 0 saturated carbocycles. The molecule has 1 rings (SSSR count). The Morgan fingerprint density at radius 3 is 2.30 bits per heavy atom. The molecule has 11 heteroatoms. The number of hydrogen-bond acceptors (Lipinski definition) is 5. The number of ether oxygens (including phenoxy) is 2. The van der Waals surface area contributed by atoms with Gasteiger partial charge in [-0.15, -0.1) is 0 Å². The number of ketones is 1. The lowest BCUT2D eigenvalue weighted by molar-refractivity contribution is -0.145. The maximum absolute atomic E-state index is 14.2. The third-order valence-electron chi connectivity index (χ3n) is 3.34. The van der Waals surface area contributed by atoms with Crippen molar-refractivity contribution in [3.63, 3.8) is 0 Å². The first-order chi connectivity index (χ1) is 12.4. The number of hydrogen-bond donors (Lipinski definition) is 0. The van der Waals surface area contributed by atoms with E-state index in [4.69, 9.17) is 0 Å². The van der Waals surface area contributed by atoms with E-state index < -0.39 is 58.7 Å². The lowest BCUT2D eigenvalue weighted by atomic mass is 9.97. The summed E-state index contributed by atoms with van der Waals surface area (Å²) < 4.78 is 87.8. The Hall–Kier alpha value is -2.59. The average molecular weight is 399 g/mol. The zero-order chi connectivity index (χ0) is 20.9. The van der Waals surface area contributed by atoms with Crippen molar-refractivity contribution in [2.24, 2.45) is 10.9 Å². The number of Topliss-reactive ketones (excluding diaryl/α,β-unsaturated/α-hetero) is 1. The van der Waals surface area contributed by atoms with Crippen LogP contribution in [-0.4, -0.2) is 43.9 Å². The zero-order valence-electron chi connectivity index (χ0n) is 14.4. The van der Waals surface area contributed by atoms with Crippen LogP contribution >= 0.6 is 0 Å². The third-order valence-corrected chi connectivity index (χ3v) is 3.34. The van der Waals surface area contributed by atoms with Crippen LogP contribution in [0.25, 0.3) is 0 Å². The molecule has 2 atom stereocenters. The molecule has 1 aromatic rings. The van der Waals surface area contributed by atoms with E-state index in [1.54, 1.807) is 0 Å². The zero-order valence-corrected chi connectivity index (χ0v) is 14.4. The van der Waals surface area contributed by atoms with Crippen LogP contribution in [0.2, 0.25) is 0 Å². The van der Waals surface area contributed by atoms with E-state index in [1.807, 2.05) is 0 Å². The molecule has 0 radical (unpaired) electrons. The highest BCUT2D eigenvalue weighted by Crippen LogP contribution is 2.29. The summed E-state index contributed by atoms with van der Waals surface area (Å²) in [4.78, 5) is 27.4. The van der Waals surface area contributed by atoms with Gasteiger partial charge in [-0.25, -0.2) is 8.78 Å². The number of nitrogens with zero attached hydrogens (tertiary/aromatic N) is 1. The van der Waals surface area contributed by atoms with Gasteiger partial charge in [0.1, 0.15) is 6.04 Å². The van der Waals surface area contributed by atoms with Gasteiger partial charge in [0, 0.05) is 6.21 Å². The number of methoxy groups -OCH3 is 1. The Bertz CT molecular complexity index is 747. The smallest absolute Gasteiger partial charge is 0.410 e. The number of carbonyl (C=O) groups excluding carboxylic acids is 2. The van der Waals surface area contributed by atoms with Gasteiger partial charge in [-0.1, -0.05) is 0 Å². The predicted octanol–water partition coefficient (Wildman–Crippen LogP) is 3.50. The van der Waals surface area contributed by atoms with Gasteiger partial charge >= 0.3 is 12.1 Å². The molecule has 0 spiro atoms. The van der Waals surface area contributed by atoms with Crippen LogP contribution < -0.4 is 4.74 Å². The minimum absolute atomic E-state index is 0.169. The van der Waals surface area contributed by atoms with E-state index >= 15 is 0 Å². The lowest BCUT2D eigenvalue weighted by Gasteiger charge is -2.15. The Morgan fingerprint density at radius 1 is 1.22 bits per heavy atom.